The van der Waals surface area contributed by atoms with E-state index in [4.69, 9.17) is 5.11 Å². The summed E-state index contributed by atoms with van der Waals surface area (Å²) in [5.74, 6) is -1.09. The lowest BCUT2D eigenvalue weighted by atomic mass is 10.0. The maximum absolute atomic E-state index is 11.9. The normalized spacial score (nSPS) is 22.7. The molecule has 18 heavy (non-hydrogen) atoms. The van der Waals surface area contributed by atoms with Crippen molar-refractivity contribution in [1.29, 1.82) is 0 Å². The summed E-state index contributed by atoms with van der Waals surface area (Å²) >= 11 is 3.26. The third-order valence-corrected chi connectivity index (χ3v) is 3.60. The van der Waals surface area contributed by atoms with Crippen LogP contribution in [-0.2, 0) is 9.59 Å². The molecule has 2 rings (SSSR count). The van der Waals surface area contributed by atoms with Gasteiger partial charge in [-0.05, 0) is 47.3 Å². The molecule has 1 aliphatic carbocycles. The number of nitrogens with one attached hydrogen (secondary N) is 1. The van der Waals surface area contributed by atoms with Gasteiger partial charge in [-0.15, -0.1) is 0 Å². The highest BCUT2D eigenvalue weighted by molar-refractivity contribution is 9.10. The smallest absolute Gasteiger partial charge is 0.306 e. The molecule has 2 N–H and O–H groups in total. The number of rotatable bonds is 3. The second kappa shape index (κ2) is 5.48. The number of aliphatic carboxylic acids is 1. The predicted octanol–water partition coefficient (Wildman–Crippen LogP) is 2.28. The SMILES string of the molecule is O=C(O)[C@H]1CC[C@@H](C(=O)Nc2ccc(Br)cn2)C1. The Balaban J connectivity index is 1.93. The van der Waals surface area contributed by atoms with Crippen LogP contribution in [0.15, 0.2) is 22.8 Å². The largest absolute Gasteiger partial charge is 0.481 e. The molecular weight excluding hydrogens is 300 g/mol. The Kier molecular flexibility index (Phi) is 3.96. The monoisotopic (exact) mass is 312 g/mol. The van der Waals surface area contributed by atoms with E-state index in [1.54, 1.807) is 18.3 Å². The van der Waals surface area contributed by atoms with Gasteiger partial charge in [0, 0.05) is 16.6 Å². The van der Waals surface area contributed by atoms with E-state index in [-0.39, 0.29) is 11.8 Å². The highest BCUT2D eigenvalue weighted by Gasteiger charge is 2.33. The van der Waals surface area contributed by atoms with Crippen LogP contribution in [0.2, 0.25) is 0 Å². The minimum atomic E-state index is -0.813. The topological polar surface area (TPSA) is 79.3 Å². The quantitative estimate of drug-likeness (QED) is 0.897. The standard InChI is InChI=1S/C12H13BrN2O3/c13-9-3-4-10(14-6-9)15-11(16)7-1-2-8(5-7)12(17)18/h3-4,6-8H,1-2,5H2,(H,17,18)(H,14,15,16)/t7-,8+/m1/s1. The second-order valence-electron chi connectivity index (χ2n) is 4.40. The van der Waals surface area contributed by atoms with Crippen molar-refractivity contribution in [2.75, 3.05) is 5.32 Å². The van der Waals surface area contributed by atoms with Gasteiger partial charge in [0.15, 0.2) is 0 Å². The van der Waals surface area contributed by atoms with Crippen LogP contribution >= 0.6 is 15.9 Å². The molecule has 1 aliphatic rings. The fraction of sp³-hybridized carbons (Fsp3) is 0.417. The number of carboxylic acid groups (broad SMARTS) is 1. The van der Waals surface area contributed by atoms with Crippen molar-refractivity contribution in [3.63, 3.8) is 0 Å². The number of carbonyl (C=O) groups excluding carboxylic acids is 1. The molecule has 0 radical (unpaired) electrons. The Labute approximate surface area is 113 Å². The average Bonchev–Trinajstić information content (AvgIpc) is 2.81. The van der Waals surface area contributed by atoms with E-state index in [1.165, 1.54) is 0 Å². The van der Waals surface area contributed by atoms with E-state index in [9.17, 15) is 9.59 Å². The van der Waals surface area contributed by atoms with Crippen molar-refractivity contribution in [3.8, 4) is 0 Å². The average molecular weight is 313 g/mol. The first-order valence-corrected chi connectivity index (χ1v) is 6.51. The minimum absolute atomic E-state index is 0.145. The summed E-state index contributed by atoms with van der Waals surface area (Å²) in [5, 5.41) is 11.6. The first kappa shape index (κ1) is 13.0. The van der Waals surface area contributed by atoms with Gasteiger partial charge in [-0.1, -0.05) is 0 Å². The molecule has 2 atom stereocenters. The lowest BCUT2D eigenvalue weighted by Crippen LogP contribution is -2.22. The number of pyridine rings is 1. The maximum Gasteiger partial charge on any atom is 0.306 e. The van der Waals surface area contributed by atoms with Crippen LogP contribution in [0, 0.1) is 11.8 Å². The van der Waals surface area contributed by atoms with Crippen LogP contribution in [0.1, 0.15) is 19.3 Å². The molecule has 0 bridgehead atoms. The summed E-state index contributed by atoms with van der Waals surface area (Å²) in [6, 6.07) is 3.49. The fourth-order valence-electron chi connectivity index (χ4n) is 2.12. The third kappa shape index (κ3) is 3.07. The molecule has 0 aliphatic heterocycles. The number of anilines is 1. The van der Waals surface area contributed by atoms with Crippen molar-refractivity contribution in [2.45, 2.75) is 19.3 Å². The highest BCUT2D eigenvalue weighted by atomic mass is 79.9. The van der Waals surface area contributed by atoms with E-state index in [0.717, 1.165) is 4.47 Å². The van der Waals surface area contributed by atoms with Gasteiger partial charge in [-0.2, -0.15) is 0 Å². The molecule has 1 amide bonds. The van der Waals surface area contributed by atoms with Gasteiger partial charge in [0.05, 0.1) is 5.92 Å². The van der Waals surface area contributed by atoms with E-state index in [0.29, 0.717) is 25.1 Å². The minimum Gasteiger partial charge on any atom is -0.481 e. The highest BCUT2D eigenvalue weighted by Crippen LogP contribution is 2.31. The molecule has 6 heteroatoms. The Morgan fingerprint density at radius 1 is 1.33 bits per heavy atom. The molecule has 0 aromatic carbocycles. The van der Waals surface area contributed by atoms with E-state index in [2.05, 4.69) is 26.2 Å². The van der Waals surface area contributed by atoms with Gasteiger partial charge in [0.25, 0.3) is 0 Å². The number of aromatic nitrogens is 1. The van der Waals surface area contributed by atoms with Crippen LogP contribution in [0.25, 0.3) is 0 Å². The molecule has 5 nitrogen and oxygen atoms in total. The summed E-state index contributed by atoms with van der Waals surface area (Å²) < 4.78 is 0.840. The molecule has 1 aromatic rings. The predicted molar refractivity (Wildman–Crippen MR) is 69.0 cm³/mol. The van der Waals surface area contributed by atoms with Crippen LogP contribution in [0.4, 0.5) is 5.82 Å². The van der Waals surface area contributed by atoms with Crippen LogP contribution in [0.3, 0.4) is 0 Å². The molecule has 1 heterocycles. The maximum atomic E-state index is 11.9. The zero-order chi connectivity index (χ0) is 13.1. The Bertz CT molecular complexity index is 461. The molecule has 1 aromatic heterocycles. The van der Waals surface area contributed by atoms with Gasteiger partial charge in [-0.3, -0.25) is 9.59 Å². The first-order chi connectivity index (χ1) is 8.56. The molecule has 0 saturated heterocycles. The number of nitrogens with zero attached hydrogens (tertiary/aromatic N) is 1. The molecule has 1 saturated carbocycles. The summed E-state index contributed by atoms with van der Waals surface area (Å²) in [6.07, 6.45) is 3.21. The second-order valence-corrected chi connectivity index (χ2v) is 5.31. The number of carbonyl (C=O) groups is 2. The van der Waals surface area contributed by atoms with Crippen LogP contribution in [-0.4, -0.2) is 22.0 Å². The van der Waals surface area contributed by atoms with Gasteiger partial charge >= 0.3 is 5.97 Å². The number of hydrogen-bond donors (Lipinski definition) is 2. The first-order valence-electron chi connectivity index (χ1n) is 5.71. The lowest BCUT2D eigenvalue weighted by molar-refractivity contribution is -0.141. The summed E-state index contributed by atoms with van der Waals surface area (Å²) in [5.41, 5.74) is 0. The molecule has 0 spiro atoms. The molecular formula is C12H13BrN2O3. The van der Waals surface area contributed by atoms with E-state index >= 15 is 0 Å². The van der Waals surface area contributed by atoms with Gasteiger partial charge in [-0.25, -0.2) is 4.98 Å². The number of halogens is 1. The molecule has 1 fully saturated rings. The fourth-order valence-corrected chi connectivity index (χ4v) is 2.36. The van der Waals surface area contributed by atoms with Gasteiger partial charge in [0.2, 0.25) is 5.91 Å². The Hall–Kier alpha value is -1.43. The lowest BCUT2D eigenvalue weighted by Gasteiger charge is -2.10. The van der Waals surface area contributed by atoms with Gasteiger partial charge < -0.3 is 10.4 Å². The number of hydrogen-bond acceptors (Lipinski definition) is 3. The summed E-state index contributed by atoms with van der Waals surface area (Å²) in [7, 11) is 0. The van der Waals surface area contributed by atoms with Crippen molar-refractivity contribution in [2.24, 2.45) is 11.8 Å². The van der Waals surface area contributed by atoms with Crippen LogP contribution in [0.5, 0.6) is 0 Å². The van der Waals surface area contributed by atoms with Crippen molar-refractivity contribution >= 4 is 33.6 Å². The van der Waals surface area contributed by atoms with E-state index < -0.39 is 11.9 Å². The zero-order valence-corrected chi connectivity index (χ0v) is 11.2. The number of carboxylic acids is 1. The van der Waals surface area contributed by atoms with E-state index in [1.807, 2.05) is 0 Å². The third-order valence-electron chi connectivity index (χ3n) is 3.13. The Morgan fingerprint density at radius 2 is 2.06 bits per heavy atom. The van der Waals surface area contributed by atoms with Gasteiger partial charge in [0.1, 0.15) is 5.82 Å². The zero-order valence-electron chi connectivity index (χ0n) is 9.60. The molecule has 96 valence electrons. The summed E-state index contributed by atoms with van der Waals surface area (Å²) in [4.78, 5) is 26.8. The van der Waals surface area contributed by atoms with Crippen molar-refractivity contribution < 1.29 is 14.7 Å². The Morgan fingerprint density at radius 3 is 2.61 bits per heavy atom. The van der Waals surface area contributed by atoms with Crippen LogP contribution < -0.4 is 5.32 Å². The molecule has 0 unspecified atom stereocenters. The summed E-state index contributed by atoms with van der Waals surface area (Å²) in [6.45, 7) is 0. The van der Waals surface area contributed by atoms with Crippen molar-refractivity contribution in [3.05, 3.63) is 22.8 Å². The van der Waals surface area contributed by atoms with Crippen molar-refractivity contribution in [1.82, 2.24) is 4.98 Å². The number of amides is 1.